The molecule has 1 N–H and O–H groups in total. The highest BCUT2D eigenvalue weighted by Gasteiger charge is 2.14. The summed E-state index contributed by atoms with van der Waals surface area (Å²) < 4.78 is 1.90. The summed E-state index contributed by atoms with van der Waals surface area (Å²) in [5.74, 6) is 0. The van der Waals surface area contributed by atoms with Crippen molar-refractivity contribution in [2.24, 2.45) is 0 Å². The van der Waals surface area contributed by atoms with Gasteiger partial charge < -0.3 is 0 Å². The molecule has 2 aromatic heterocycles. The number of nitrogens with zero attached hydrogens (tertiary/aromatic N) is 2. The van der Waals surface area contributed by atoms with Crippen LogP contribution in [0, 0.1) is 13.8 Å². The third-order valence-corrected chi connectivity index (χ3v) is 3.15. The molecule has 2 heterocycles. The number of nitrogens with one attached hydrogen (secondary N) is 1. The van der Waals surface area contributed by atoms with E-state index in [0.717, 1.165) is 35.1 Å². The van der Waals surface area contributed by atoms with Gasteiger partial charge in [0.05, 0.1) is 5.39 Å². The maximum atomic E-state index is 11.9. The van der Waals surface area contributed by atoms with Gasteiger partial charge in [-0.05, 0) is 38.8 Å². The maximum absolute atomic E-state index is 11.9. The molecule has 0 fully saturated rings. The van der Waals surface area contributed by atoms with E-state index in [4.69, 9.17) is 0 Å². The Morgan fingerprint density at radius 1 is 1.47 bits per heavy atom. The van der Waals surface area contributed by atoms with Gasteiger partial charge in [-0.15, -0.1) is 0 Å². The van der Waals surface area contributed by atoms with E-state index in [1.807, 2.05) is 24.6 Å². The Hall–Kier alpha value is -1.58. The highest BCUT2D eigenvalue weighted by molar-refractivity contribution is 5.78. The van der Waals surface area contributed by atoms with Gasteiger partial charge >= 0.3 is 0 Å². The summed E-state index contributed by atoms with van der Waals surface area (Å²) in [5.41, 5.74) is 2.70. The van der Waals surface area contributed by atoms with Gasteiger partial charge in [0, 0.05) is 11.7 Å². The number of aromatic nitrogens is 3. The molecule has 0 aliphatic rings. The zero-order valence-electron chi connectivity index (χ0n) is 10.9. The van der Waals surface area contributed by atoms with Gasteiger partial charge in [-0.1, -0.05) is 13.3 Å². The van der Waals surface area contributed by atoms with Crippen LogP contribution in [0.15, 0.2) is 10.9 Å². The Balaban J connectivity index is 2.70. The van der Waals surface area contributed by atoms with Crippen LogP contribution in [-0.4, -0.2) is 14.8 Å². The van der Waals surface area contributed by atoms with E-state index in [0.29, 0.717) is 0 Å². The number of pyridine rings is 1. The topological polar surface area (TPSA) is 50.7 Å². The van der Waals surface area contributed by atoms with Crippen molar-refractivity contribution in [3.8, 4) is 0 Å². The second kappa shape index (κ2) is 4.35. The number of hydrogen-bond donors (Lipinski definition) is 1. The first-order chi connectivity index (χ1) is 8.04. The van der Waals surface area contributed by atoms with E-state index in [2.05, 4.69) is 23.9 Å². The van der Waals surface area contributed by atoms with Gasteiger partial charge in [-0.25, -0.2) is 4.98 Å². The van der Waals surface area contributed by atoms with Gasteiger partial charge in [0.15, 0.2) is 5.65 Å². The lowest BCUT2D eigenvalue weighted by molar-refractivity contribution is 0.462. The molecule has 4 heteroatoms. The molecule has 0 aromatic carbocycles. The zero-order chi connectivity index (χ0) is 12.6. The number of hydrogen-bond acceptors (Lipinski definition) is 2. The van der Waals surface area contributed by atoms with Crippen LogP contribution in [0.3, 0.4) is 0 Å². The second-order valence-corrected chi connectivity index (χ2v) is 4.73. The first kappa shape index (κ1) is 11.9. The molecule has 0 radical (unpaired) electrons. The van der Waals surface area contributed by atoms with E-state index in [9.17, 15) is 4.79 Å². The average Bonchev–Trinajstić information content (AvgIpc) is 2.56. The molecular weight excluding hydrogens is 214 g/mol. The smallest absolute Gasteiger partial charge is 0.267 e. The number of fused-ring (bicyclic) bond motifs is 1. The summed E-state index contributed by atoms with van der Waals surface area (Å²) in [5, 5.41) is 3.62. The van der Waals surface area contributed by atoms with Crippen molar-refractivity contribution in [1.82, 2.24) is 14.8 Å². The molecule has 17 heavy (non-hydrogen) atoms. The molecule has 4 nitrogen and oxygen atoms in total. The van der Waals surface area contributed by atoms with E-state index >= 15 is 0 Å². The number of aryl methyl sites for hydroxylation is 2. The Morgan fingerprint density at radius 3 is 2.82 bits per heavy atom. The van der Waals surface area contributed by atoms with Crippen LogP contribution >= 0.6 is 0 Å². The molecule has 1 atom stereocenters. The second-order valence-electron chi connectivity index (χ2n) is 4.73. The van der Waals surface area contributed by atoms with E-state index < -0.39 is 0 Å². The standard InChI is InChI=1S/C13H19N3O/c1-5-6-10(4)16-12-11(13(17)15-16)8(2)7-9(3)14-12/h7,10H,5-6H2,1-4H3,(H,15,17)/t10-/m0/s1. The Labute approximate surface area is 101 Å². The lowest BCUT2D eigenvalue weighted by atomic mass is 10.1. The summed E-state index contributed by atoms with van der Waals surface area (Å²) in [6.07, 6.45) is 2.13. The van der Waals surface area contributed by atoms with Crippen molar-refractivity contribution in [3.05, 3.63) is 27.7 Å². The molecular formula is C13H19N3O. The summed E-state index contributed by atoms with van der Waals surface area (Å²) in [6.45, 7) is 8.17. The fourth-order valence-corrected chi connectivity index (χ4v) is 2.36. The van der Waals surface area contributed by atoms with Crippen LogP contribution in [0.1, 0.15) is 44.0 Å². The maximum Gasteiger partial charge on any atom is 0.273 e. The lowest BCUT2D eigenvalue weighted by Crippen LogP contribution is -2.10. The van der Waals surface area contributed by atoms with Crippen LogP contribution in [-0.2, 0) is 0 Å². The van der Waals surface area contributed by atoms with Gasteiger partial charge in [0.25, 0.3) is 5.56 Å². The minimum atomic E-state index is -0.0343. The fraction of sp³-hybridized carbons (Fsp3) is 0.538. The molecule has 2 rings (SSSR count). The SMILES string of the molecule is CCC[C@H](C)n1[nH]c(=O)c2c(C)cc(C)nc21. The lowest BCUT2D eigenvalue weighted by Gasteiger charge is -2.12. The van der Waals surface area contributed by atoms with E-state index in [-0.39, 0.29) is 11.6 Å². The highest BCUT2D eigenvalue weighted by atomic mass is 16.1. The summed E-state index contributed by atoms with van der Waals surface area (Å²) in [7, 11) is 0. The molecule has 0 unspecified atom stereocenters. The molecule has 0 spiro atoms. The first-order valence-electron chi connectivity index (χ1n) is 6.13. The zero-order valence-corrected chi connectivity index (χ0v) is 10.9. The van der Waals surface area contributed by atoms with Crippen LogP contribution in [0.5, 0.6) is 0 Å². The van der Waals surface area contributed by atoms with Crippen LogP contribution in [0.2, 0.25) is 0 Å². The predicted octanol–water partition coefficient (Wildman–Crippen LogP) is 2.70. The summed E-state index contributed by atoms with van der Waals surface area (Å²) in [6, 6.07) is 2.23. The first-order valence-corrected chi connectivity index (χ1v) is 6.13. The Kier molecular flexibility index (Phi) is 3.05. The fourth-order valence-electron chi connectivity index (χ4n) is 2.36. The van der Waals surface area contributed by atoms with Crippen molar-refractivity contribution >= 4 is 11.0 Å². The quantitative estimate of drug-likeness (QED) is 0.886. The molecule has 0 amide bonds. The predicted molar refractivity (Wildman–Crippen MR) is 69.4 cm³/mol. The molecule has 0 saturated heterocycles. The summed E-state index contributed by atoms with van der Waals surface area (Å²) in [4.78, 5) is 16.4. The Morgan fingerprint density at radius 2 is 2.18 bits per heavy atom. The third kappa shape index (κ3) is 1.99. The molecule has 92 valence electrons. The third-order valence-electron chi connectivity index (χ3n) is 3.15. The van der Waals surface area contributed by atoms with Gasteiger partial charge in [0.2, 0.25) is 0 Å². The number of aromatic amines is 1. The van der Waals surface area contributed by atoms with E-state index in [1.54, 1.807) is 0 Å². The minimum Gasteiger partial charge on any atom is -0.267 e. The van der Waals surface area contributed by atoms with Crippen molar-refractivity contribution in [1.29, 1.82) is 0 Å². The minimum absolute atomic E-state index is 0.0343. The molecule has 0 aliphatic heterocycles. The van der Waals surface area contributed by atoms with Crippen LogP contribution in [0.4, 0.5) is 0 Å². The highest BCUT2D eigenvalue weighted by Crippen LogP contribution is 2.19. The van der Waals surface area contributed by atoms with E-state index in [1.165, 1.54) is 0 Å². The van der Waals surface area contributed by atoms with Crippen molar-refractivity contribution in [2.75, 3.05) is 0 Å². The average molecular weight is 233 g/mol. The normalized spacial score (nSPS) is 13.2. The van der Waals surface area contributed by atoms with Crippen molar-refractivity contribution in [3.63, 3.8) is 0 Å². The van der Waals surface area contributed by atoms with Gasteiger partial charge in [0.1, 0.15) is 0 Å². The summed E-state index contributed by atoms with van der Waals surface area (Å²) >= 11 is 0. The Bertz CT molecular complexity index is 594. The monoisotopic (exact) mass is 233 g/mol. The van der Waals surface area contributed by atoms with Crippen molar-refractivity contribution < 1.29 is 0 Å². The molecule has 0 bridgehead atoms. The van der Waals surface area contributed by atoms with Crippen LogP contribution in [0.25, 0.3) is 11.0 Å². The molecule has 0 aliphatic carbocycles. The van der Waals surface area contributed by atoms with Crippen molar-refractivity contribution in [2.45, 2.75) is 46.6 Å². The van der Waals surface area contributed by atoms with Gasteiger partial charge in [-0.3, -0.25) is 14.6 Å². The molecule has 2 aromatic rings. The molecule has 0 saturated carbocycles. The van der Waals surface area contributed by atoms with Crippen LogP contribution < -0.4 is 5.56 Å². The number of rotatable bonds is 3. The largest absolute Gasteiger partial charge is 0.273 e. The van der Waals surface area contributed by atoms with Gasteiger partial charge in [-0.2, -0.15) is 0 Å². The number of H-pyrrole nitrogens is 1.